The molecule has 1 rings (SSSR count). The molecule has 0 radical (unpaired) electrons. The van der Waals surface area contributed by atoms with E-state index in [-0.39, 0.29) is 16.1 Å². The number of halogens is 1. The molecule has 0 unspecified atom stereocenters. The summed E-state index contributed by atoms with van der Waals surface area (Å²) in [4.78, 5) is 0.0800. The van der Waals surface area contributed by atoms with Gasteiger partial charge >= 0.3 is 0 Å². The number of hydrogen-bond donors (Lipinski definition) is 1. The summed E-state index contributed by atoms with van der Waals surface area (Å²) in [6.07, 6.45) is 0. The molecule has 0 aliphatic rings. The van der Waals surface area contributed by atoms with Crippen LogP contribution in [-0.2, 0) is 10.0 Å². The number of rotatable bonds is 2. The summed E-state index contributed by atoms with van der Waals surface area (Å²) in [5.41, 5.74) is 5.99. The van der Waals surface area contributed by atoms with Crippen molar-refractivity contribution in [2.45, 2.75) is 18.7 Å². The van der Waals surface area contributed by atoms with E-state index in [9.17, 15) is 12.8 Å². The first-order valence-electron chi connectivity index (χ1n) is 4.67. The Labute approximate surface area is 94.9 Å². The summed E-state index contributed by atoms with van der Waals surface area (Å²) in [6.45, 7) is 3.05. The quantitative estimate of drug-likeness (QED) is 0.799. The van der Waals surface area contributed by atoms with Crippen molar-refractivity contribution in [2.75, 3.05) is 19.8 Å². The maximum absolute atomic E-state index is 13.3. The van der Waals surface area contributed by atoms with Crippen LogP contribution in [0.15, 0.2) is 11.0 Å². The molecular formula is C10H15FN2O2S. The predicted octanol–water partition coefficient (Wildman–Crippen LogP) is 1.28. The lowest BCUT2D eigenvalue weighted by molar-refractivity contribution is 0.519. The molecule has 0 fully saturated rings. The second kappa shape index (κ2) is 4.03. The third kappa shape index (κ3) is 1.90. The van der Waals surface area contributed by atoms with Crippen LogP contribution >= 0.6 is 0 Å². The molecule has 0 spiro atoms. The Bertz CT molecular complexity index is 524. The molecule has 4 nitrogen and oxygen atoms in total. The zero-order chi connectivity index (χ0) is 12.7. The van der Waals surface area contributed by atoms with Crippen LogP contribution in [0.3, 0.4) is 0 Å². The smallest absolute Gasteiger partial charge is 0.243 e. The van der Waals surface area contributed by atoms with Crippen LogP contribution in [0, 0.1) is 19.7 Å². The minimum atomic E-state index is -3.59. The summed E-state index contributed by atoms with van der Waals surface area (Å²) < 4.78 is 38.3. The van der Waals surface area contributed by atoms with Crippen molar-refractivity contribution in [1.82, 2.24) is 4.31 Å². The van der Waals surface area contributed by atoms with E-state index in [1.54, 1.807) is 6.92 Å². The van der Waals surface area contributed by atoms with E-state index in [0.29, 0.717) is 5.56 Å². The first kappa shape index (κ1) is 12.9. The van der Waals surface area contributed by atoms with E-state index in [1.165, 1.54) is 21.0 Å². The van der Waals surface area contributed by atoms with E-state index in [0.717, 1.165) is 10.4 Å². The van der Waals surface area contributed by atoms with Gasteiger partial charge in [-0.15, -0.1) is 0 Å². The molecule has 6 heteroatoms. The maximum Gasteiger partial charge on any atom is 0.243 e. The molecular weight excluding hydrogens is 231 g/mol. The molecule has 0 saturated heterocycles. The highest BCUT2D eigenvalue weighted by atomic mass is 32.2. The van der Waals surface area contributed by atoms with Gasteiger partial charge in [0.25, 0.3) is 0 Å². The number of nitrogens with zero attached hydrogens (tertiary/aromatic N) is 1. The number of benzene rings is 1. The summed E-state index contributed by atoms with van der Waals surface area (Å²) in [7, 11) is -0.742. The highest BCUT2D eigenvalue weighted by Gasteiger charge is 2.24. The molecule has 0 bridgehead atoms. The first-order chi connectivity index (χ1) is 7.19. The van der Waals surface area contributed by atoms with Crippen molar-refractivity contribution in [3.63, 3.8) is 0 Å². The minimum Gasteiger partial charge on any atom is -0.396 e. The molecule has 0 aliphatic carbocycles. The van der Waals surface area contributed by atoms with Gasteiger partial charge in [0, 0.05) is 14.1 Å². The fraction of sp³-hybridized carbons (Fsp3) is 0.400. The van der Waals surface area contributed by atoms with Gasteiger partial charge < -0.3 is 5.73 Å². The largest absolute Gasteiger partial charge is 0.396 e. The van der Waals surface area contributed by atoms with E-state index in [4.69, 9.17) is 5.73 Å². The normalized spacial score (nSPS) is 12.1. The Morgan fingerprint density at radius 1 is 1.31 bits per heavy atom. The number of sulfonamides is 1. The lowest BCUT2D eigenvalue weighted by Crippen LogP contribution is -2.24. The van der Waals surface area contributed by atoms with E-state index >= 15 is 0 Å². The fourth-order valence-electron chi connectivity index (χ4n) is 1.51. The predicted molar refractivity (Wildman–Crippen MR) is 61.2 cm³/mol. The third-order valence-electron chi connectivity index (χ3n) is 2.44. The second-order valence-electron chi connectivity index (χ2n) is 3.83. The molecule has 1 aromatic carbocycles. The zero-order valence-electron chi connectivity index (χ0n) is 9.70. The Hall–Kier alpha value is -1.14. The van der Waals surface area contributed by atoms with Crippen molar-refractivity contribution in [3.8, 4) is 0 Å². The number of aryl methyl sites for hydroxylation is 1. The zero-order valence-corrected chi connectivity index (χ0v) is 10.5. The Morgan fingerprint density at radius 2 is 1.81 bits per heavy atom. The Morgan fingerprint density at radius 3 is 2.25 bits per heavy atom. The SMILES string of the molecule is Cc1cc(F)c(N)c(C)c1S(=O)(=O)N(C)C. The fourth-order valence-corrected chi connectivity index (χ4v) is 2.84. The maximum atomic E-state index is 13.3. The first-order valence-corrected chi connectivity index (χ1v) is 6.11. The van der Waals surface area contributed by atoms with Gasteiger partial charge in [-0.2, -0.15) is 0 Å². The van der Waals surface area contributed by atoms with Crippen molar-refractivity contribution < 1.29 is 12.8 Å². The summed E-state index contributed by atoms with van der Waals surface area (Å²) in [5.74, 6) is -0.590. The van der Waals surface area contributed by atoms with Crippen LogP contribution in [-0.4, -0.2) is 26.8 Å². The lowest BCUT2D eigenvalue weighted by atomic mass is 10.1. The van der Waals surface area contributed by atoms with E-state index in [1.807, 2.05) is 0 Å². The van der Waals surface area contributed by atoms with Gasteiger partial charge in [0.15, 0.2) is 0 Å². The molecule has 0 aliphatic heterocycles. The van der Waals surface area contributed by atoms with E-state index < -0.39 is 15.8 Å². The lowest BCUT2D eigenvalue weighted by Gasteiger charge is -2.17. The molecule has 0 atom stereocenters. The van der Waals surface area contributed by atoms with Crippen LogP contribution in [0.4, 0.5) is 10.1 Å². The molecule has 0 amide bonds. The van der Waals surface area contributed by atoms with E-state index in [2.05, 4.69) is 0 Å². The molecule has 0 aromatic heterocycles. The van der Waals surface area contributed by atoms with Crippen molar-refractivity contribution in [2.24, 2.45) is 0 Å². The van der Waals surface area contributed by atoms with Gasteiger partial charge in [0.1, 0.15) is 5.82 Å². The Balaban J connectivity index is 3.66. The molecule has 90 valence electrons. The number of nitrogen functional groups attached to an aromatic ring is 1. The van der Waals surface area contributed by atoms with Crippen LogP contribution in [0.25, 0.3) is 0 Å². The summed E-state index contributed by atoms with van der Waals surface area (Å²) >= 11 is 0. The van der Waals surface area contributed by atoms with Crippen LogP contribution in [0.1, 0.15) is 11.1 Å². The molecule has 1 aromatic rings. The van der Waals surface area contributed by atoms with Crippen LogP contribution < -0.4 is 5.73 Å². The molecule has 2 N–H and O–H groups in total. The molecule has 0 heterocycles. The number of hydrogen-bond acceptors (Lipinski definition) is 3. The Kier molecular flexibility index (Phi) is 3.25. The average molecular weight is 246 g/mol. The standard InChI is InChI=1S/C10H15FN2O2S/c1-6-5-8(11)9(12)7(2)10(6)16(14,15)13(3)4/h5H,12H2,1-4H3. The van der Waals surface area contributed by atoms with Gasteiger partial charge in [-0.05, 0) is 31.0 Å². The summed E-state index contributed by atoms with van der Waals surface area (Å²) in [5, 5.41) is 0. The highest BCUT2D eigenvalue weighted by molar-refractivity contribution is 7.89. The average Bonchev–Trinajstić information content (AvgIpc) is 2.13. The van der Waals surface area contributed by atoms with Crippen molar-refractivity contribution >= 4 is 15.7 Å². The van der Waals surface area contributed by atoms with Gasteiger partial charge in [-0.25, -0.2) is 17.1 Å². The monoisotopic (exact) mass is 246 g/mol. The van der Waals surface area contributed by atoms with Gasteiger partial charge in [0.2, 0.25) is 10.0 Å². The summed E-state index contributed by atoms with van der Waals surface area (Å²) in [6, 6.07) is 1.14. The van der Waals surface area contributed by atoms with Gasteiger partial charge in [-0.1, -0.05) is 0 Å². The number of anilines is 1. The molecule has 0 saturated carbocycles. The highest BCUT2D eigenvalue weighted by Crippen LogP contribution is 2.28. The van der Waals surface area contributed by atoms with Crippen LogP contribution in [0.5, 0.6) is 0 Å². The van der Waals surface area contributed by atoms with Gasteiger partial charge in [0.05, 0.1) is 10.6 Å². The number of nitrogens with two attached hydrogens (primary N) is 1. The van der Waals surface area contributed by atoms with Gasteiger partial charge in [-0.3, -0.25) is 0 Å². The second-order valence-corrected chi connectivity index (χ2v) is 5.92. The van der Waals surface area contributed by atoms with Crippen LogP contribution in [0.2, 0.25) is 0 Å². The molecule has 16 heavy (non-hydrogen) atoms. The topological polar surface area (TPSA) is 63.4 Å². The van der Waals surface area contributed by atoms with Crippen molar-refractivity contribution in [3.05, 3.63) is 23.0 Å². The van der Waals surface area contributed by atoms with Crippen molar-refractivity contribution in [1.29, 1.82) is 0 Å². The third-order valence-corrected chi connectivity index (χ3v) is 4.55. The minimum absolute atomic E-state index is 0.0800.